The van der Waals surface area contributed by atoms with Crippen LogP contribution in [0.2, 0.25) is 16.6 Å². The minimum Gasteiger partial charge on any atom is -0.475 e. The van der Waals surface area contributed by atoms with Crippen molar-refractivity contribution in [2.75, 3.05) is 51.7 Å². The molecule has 7 heterocycles. The summed E-state index contributed by atoms with van der Waals surface area (Å²) in [6.07, 6.45) is 2.29. The number of carbonyl (C=O) groups is 1. The second-order valence-electron chi connectivity index (χ2n) is 20.8. The van der Waals surface area contributed by atoms with E-state index < -0.39 is 31.2 Å². The van der Waals surface area contributed by atoms with Gasteiger partial charge in [0, 0.05) is 43.1 Å². The van der Waals surface area contributed by atoms with E-state index in [4.69, 9.17) is 38.6 Å². The van der Waals surface area contributed by atoms with Gasteiger partial charge in [0.25, 0.3) is 0 Å². The van der Waals surface area contributed by atoms with Crippen LogP contribution in [0.1, 0.15) is 100.0 Å². The van der Waals surface area contributed by atoms with E-state index in [1.54, 1.807) is 13.2 Å². The Kier molecular flexibility index (Phi) is 12.0. The maximum Gasteiger partial charge on any atom is 0.410 e. The van der Waals surface area contributed by atoms with Crippen molar-refractivity contribution in [1.82, 2.24) is 24.8 Å². The van der Waals surface area contributed by atoms with Crippen LogP contribution >= 0.6 is 0 Å². The van der Waals surface area contributed by atoms with Crippen molar-refractivity contribution in [3.8, 4) is 40.4 Å². The molecule has 2 aromatic carbocycles. The van der Waals surface area contributed by atoms with Crippen LogP contribution in [0.15, 0.2) is 30.3 Å². The van der Waals surface area contributed by atoms with Crippen LogP contribution in [0, 0.1) is 17.3 Å². The van der Waals surface area contributed by atoms with Crippen molar-refractivity contribution in [3.05, 3.63) is 41.7 Å². The molecule has 4 saturated heterocycles. The lowest BCUT2D eigenvalue weighted by molar-refractivity contribution is 0.00537. The fourth-order valence-corrected chi connectivity index (χ4v) is 17.3. The van der Waals surface area contributed by atoms with Crippen molar-refractivity contribution >= 4 is 41.7 Å². The van der Waals surface area contributed by atoms with Crippen molar-refractivity contribution in [1.29, 1.82) is 0 Å². The molecule has 4 fully saturated rings. The van der Waals surface area contributed by atoms with Crippen LogP contribution in [0.3, 0.4) is 0 Å². The Bertz CT molecular complexity index is 2540. The Labute approximate surface area is 382 Å². The van der Waals surface area contributed by atoms with Gasteiger partial charge in [-0.15, -0.1) is 5.54 Å². The molecule has 348 valence electrons. The van der Waals surface area contributed by atoms with Crippen LogP contribution < -0.4 is 19.1 Å². The van der Waals surface area contributed by atoms with Gasteiger partial charge in [-0.1, -0.05) is 59.6 Å². The van der Waals surface area contributed by atoms with Crippen LogP contribution in [0.5, 0.6) is 17.6 Å². The molecule has 2 aromatic heterocycles. The first-order valence-electron chi connectivity index (χ1n) is 23.5. The summed E-state index contributed by atoms with van der Waals surface area (Å²) in [7, 11) is -0.624. The van der Waals surface area contributed by atoms with Gasteiger partial charge < -0.3 is 28.6 Å². The molecule has 15 heteroatoms. The molecular weight excluding hydrogens is 847 g/mol. The average Bonchev–Trinajstić information content (AvgIpc) is 3.85. The van der Waals surface area contributed by atoms with Gasteiger partial charge in [0.05, 0.1) is 23.7 Å². The number of hydrogen-bond acceptors (Lipinski definition) is 11. The molecule has 0 unspecified atom stereocenters. The molecule has 0 aliphatic carbocycles. The number of halogens is 2. The summed E-state index contributed by atoms with van der Waals surface area (Å²) in [5.74, 6) is 4.05. The molecule has 9 rings (SSSR count). The molecular formula is C50H64F2N6O6Si. The summed E-state index contributed by atoms with van der Waals surface area (Å²) in [5, 5.41) is 1.85. The lowest BCUT2D eigenvalue weighted by Crippen LogP contribution is -2.63. The number of piperazine rings is 1. The van der Waals surface area contributed by atoms with Gasteiger partial charge >= 0.3 is 12.1 Å². The second kappa shape index (κ2) is 17.1. The third-order valence-corrected chi connectivity index (χ3v) is 21.1. The van der Waals surface area contributed by atoms with E-state index >= 15 is 4.39 Å². The van der Waals surface area contributed by atoms with E-state index in [9.17, 15) is 9.18 Å². The first kappa shape index (κ1) is 45.4. The summed E-state index contributed by atoms with van der Waals surface area (Å²) in [5.41, 5.74) is 5.18. The van der Waals surface area contributed by atoms with Crippen LogP contribution in [0.25, 0.3) is 32.9 Å². The number of anilines is 1. The minimum absolute atomic E-state index is 0.00564. The third kappa shape index (κ3) is 7.94. The molecule has 0 N–H and O–H groups in total. The van der Waals surface area contributed by atoms with Gasteiger partial charge in [-0.05, 0) is 93.2 Å². The number of methoxy groups -OCH3 is 1. The van der Waals surface area contributed by atoms with E-state index in [1.165, 1.54) is 0 Å². The normalized spacial score (nSPS) is 24.0. The number of rotatable bonds is 10. The number of fused-ring (bicyclic) bond motifs is 7. The van der Waals surface area contributed by atoms with Gasteiger partial charge in [-0.2, -0.15) is 9.97 Å². The highest BCUT2D eigenvalue weighted by Gasteiger charge is 2.53. The van der Waals surface area contributed by atoms with E-state index in [-0.39, 0.29) is 67.3 Å². The summed E-state index contributed by atoms with van der Waals surface area (Å²) >= 11 is 0. The highest BCUT2D eigenvalue weighted by Crippen LogP contribution is 2.48. The molecule has 2 bridgehead atoms. The fourth-order valence-electron chi connectivity index (χ4n) is 12.1. The maximum absolute atomic E-state index is 18.1. The van der Waals surface area contributed by atoms with Crippen LogP contribution in [-0.2, 0) is 9.47 Å². The zero-order valence-corrected chi connectivity index (χ0v) is 40.6. The van der Waals surface area contributed by atoms with Gasteiger partial charge in [-0.25, -0.2) is 18.6 Å². The number of benzene rings is 2. The van der Waals surface area contributed by atoms with E-state index in [0.717, 1.165) is 48.6 Å². The van der Waals surface area contributed by atoms with Crippen molar-refractivity contribution in [2.24, 2.45) is 0 Å². The van der Waals surface area contributed by atoms with Gasteiger partial charge in [0.15, 0.2) is 12.6 Å². The number of carbonyl (C=O) groups excluding carboxylic acids is 1. The lowest BCUT2D eigenvalue weighted by Gasteiger charge is -2.46. The van der Waals surface area contributed by atoms with E-state index in [2.05, 4.69) is 62.8 Å². The molecule has 12 nitrogen and oxygen atoms in total. The maximum atomic E-state index is 18.1. The molecule has 5 aliphatic heterocycles. The number of hydrogen-bond donors (Lipinski definition) is 0. The standard InChI is InChI=1S/C50H64F2N6O6Si/c1-29(2)65(30(3)4,31(5)6)20-17-32-13-11-14-33-21-36(63-28-60-10)22-37(40(32)33)43-42(52)44-41-45(55-47(54-44)62-27-50-18-12-19-56(50)24-34(51)23-50)57-25-35-15-16-38(39(57)26-61-46(41)53-43)58(35)48(59)64-49(7,8)9/h11,13-14,21-22,29-31,34-35,38-39H,12,15-16,18-19,23-28H2,1-10H3/t34-,35+,38-,39+,50+/m0/s1. The molecule has 65 heavy (non-hydrogen) atoms. The largest absolute Gasteiger partial charge is 0.475 e. The number of ether oxygens (including phenoxy) is 5. The molecule has 5 aliphatic rings. The lowest BCUT2D eigenvalue weighted by atomic mass is 9.95. The number of pyridine rings is 1. The minimum atomic E-state index is -2.17. The number of amides is 1. The first-order chi connectivity index (χ1) is 30.9. The van der Waals surface area contributed by atoms with Crippen molar-refractivity contribution < 1.29 is 37.3 Å². The predicted octanol–water partition coefficient (Wildman–Crippen LogP) is 9.84. The monoisotopic (exact) mass is 910 g/mol. The molecule has 0 radical (unpaired) electrons. The Morgan fingerprint density at radius 2 is 1.77 bits per heavy atom. The number of aromatic nitrogens is 3. The Hall–Kier alpha value is -4.78. The SMILES string of the molecule is COCOc1cc(-c2nc3c4c(nc(OC[C@]56CCCN5C[C@@H](F)C6)nc4c2F)N2C[C@H]4CC[C@@H]([C@H]2CO3)N4C(=O)OC(C)(C)C)c2c(C#C[Si](C(C)C)(C(C)C)C(C)C)cccc2c1. The highest BCUT2D eigenvalue weighted by molar-refractivity contribution is 6.90. The van der Waals surface area contributed by atoms with Crippen molar-refractivity contribution in [2.45, 2.75) is 146 Å². The predicted molar refractivity (Wildman–Crippen MR) is 251 cm³/mol. The molecule has 5 atom stereocenters. The second-order valence-corrected chi connectivity index (χ2v) is 26.4. The Morgan fingerprint density at radius 1 is 1.00 bits per heavy atom. The summed E-state index contributed by atoms with van der Waals surface area (Å²) in [6, 6.07) is 8.82. The number of alkyl halides is 1. The van der Waals surface area contributed by atoms with Gasteiger partial charge in [0.1, 0.15) is 61.2 Å². The van der Waals surface area contributed by atoms with Gasteiger partial charge in [-0.3, -0.25) is 9.80 Å². The Morgan fingerprint density at radius 3 is 2.49 bits per heavy atom. The van der Waals surface area contributed by atoms with Crippen LogP contribution in [-0.4, -0.2) is 121 Å². The summed E-state index contributed by atoms with van der Waals surface area (Å²) in [6.45, 7) is 21.2. The summed E-state index contributed by atoms with van der Waals surface area (Å²) < 4.78 is 63.6. The Balaban J connectivity index is 1.23. The number of nitrogens with zero attached hydrogens (tertiary/aromatic N) is 6. The topological polar surface area (TPSA) is 112 Å². The molecule has 4 aromatic rings. The average molecular weight is 911 g/mol. The van der Waals surface area contributed by atoms with E-state index in [1.807, 2.05) is 49.9 Å². The first-order valence-corrected chi connectivity index (χ1v) is 25.7. The smallest absolute Gasteiger partial charge is 0.410 e. The zero-order chi connectivity index (χ0) is 46.2. The van der Waals surface area contributed by atoms with Crippen LogP contribution in [0.4, 0.5) is 19.4 Å². The fraction of sp³-hybridized carbons (Fsp3) is 0.600. The van der Waals surface area contributed by atoms with E-state index in [0.29, 0.717) is 58.7 Å². The van der Waals surface area contributed by atoms with Gasteiger partial charge in [0.2, 0.25) is 5.88 Å². The highest BCUT2D eigenvalue weighted by atomic mass is 28.3. The quantitative estimate of drug-likeness (QED) is 0.0862. The van der Waals surface area contributed by atoms with Crippen molar-refractivity contribution in [3.63, 3.8) is 0 Å². The third-order valence-electron chi connectivity index (χ3n) is 14.8. The molecule has 0 saturated carbocycles. The molecule has 1 amide bonds. The molecule has 0 spiro atoms. The summed E-state index contributed by atoms with van der Waals surface area (Å²) in [4.78, 5) is 34.9. The zero-order valence-electron chi connectivity index (χ0n) is 39.6.